The average Bonchev–Trinajstić information content (AvgIpc) is 2.54. The molecule has 8 heteroatoms. The van der Waals surface area contributed by atoms with Crippen molar-refractivity contribution in [3.05, 3.63) is 53.1 Å². The van der Waals surface area contributed by atoms with E-state index in [0.717, 1.165) is 6.07 Å². The van der Waals surface area contributed by atoms with Crippen LogP contribution >= 0.6 is 0 Å². The third-order valence-electron chi connectivity index (χ3n) is 3.09. The zero-order valence-corrected chi connectivity index (χ0v) is 12.3. The highest BCUT2D eigenvalue weighted by atomic mass is 17.2. The molecule has 8 nitrogen and oxygen atoms in total. The van der Waals surface area contributed by atoms with E-state index in [0.29, 0.717) is 0 Å². The van der Waals surface area contributed by atoms with E-state index in [1.54, 1.807) is 0 Å². The normalized spacial score (nSPS) is 10.2. The molecule has 2 aromatic carbocycles. The molecule has 0 aliphatic rings. The van der Waals surface area contributed by atoms with Crippen molar-refractivity contribution in [2.75, 3.05) is 7.11 Å². The van der Waals surface area contributed by atoms with Gasteiger partial charge >= 0.3 is 17.9 Å². The Kier molecular flexibility index (Phi) is 4.81. The van der Waals surface area contributed by atoms with E-state index in [-0.39, 0.29) is 33.6 Å². The molecule has 0 atom stereocenters. The highest BCUT2D eigenvalue weighted by Crippen LogP contribution is 2.28. The van der Waals surface area contributed by atoms with Crippen molar-refractivity contribution in [1.82, 2.24) is 0 Å². The van der Waals surface area contributed by atoms with Crippen LogP contribution < -0.4 is 4.89 Å². The molecule has 2 rings (SSSR count). The first-order valence-corrected chi connectivity index (χ1v) is 6.53. The maximum atomic E-state index is 11.2. The Labute approximate surface area is 135 Å². The summed E-state index contributed by atoms with van der Waals surface area (Å²) in [6.07, 6.45) is 0. The minimum Gasteiger partial charge on any atom is -0.478 e. The number of carbonyl (C=O) groups is 3. The van der Waals surface area contributed by atoms with Crippen LogP contribution in [-0.2, 0) is 4.89 Å². The Morgan fingerprint density at radius 3 is 1.54 bits per heavy atom. The number of rotatable bonds is 6. The van der Waals surface area contributed by atoms with Crippen molar-refractivity contribution in [3.63, 3.8) is 0 Å². The molecule has 24 heavy (non-hydrogen) atoms. The monoisotopic (exact) mass is 332 g/mol. The van der Waals surface area contributed by atoms with Gasteiger partial charge in [0.25, 0.3) is 0 Å². The highest BCUT2D eigenvalue weighted by Gasteiger charge is 2.15. The SMILES string of the molecule is COOc1cc(C(=O)O)cc(-c2cc(C(=O)O)cc(C(=O)O)c2)c1. The number of hydrogen-bond donors (Lipinski definition) is 3. The molecule has 0 heterocycles. The lowest BCUT2D eigenvalue weighted by atomic mass is 9.98. The van der Waals surface area contributed by atoms with Gasteiger partial charge in [-0.3, -0.25) is 0 Å². The van der Waals surface area contributed by atoms with E-state index < -0.39 is 17.9 Å². The van der Waals surface area contributed by atoms with E-state index in [2.05, 4.69) is 4.89 Å². The van der Waals surface area contributed by atoms with Gasteiger partial charge in [0.1, 0.15) is 0 Å². The molecule has 0 unspecified atom stereocenters. The molecular weight excluding hydrogens is 320 g/mol. The molecule has 3 N–H and O–H groups in total. The average molecular weight is 332 g/mol. The number of carboxylic acids is 3. The molecule has 0 saturated carbocycles. The summed E-state index contributed by atoms with van der Waals surface area (Å²) in [5, 5.41) is 27.4. The Balaban J connectivity index is 2.67. The van der Waals surface area contributed by atoms with E-state index in [1.807, 2.05) is 0 Å². The standard InChI is InChI=1S/C16H12O8/c1-23-24-13-6-9(4-12(7-13)16(21)22)8-2-10(14(17)18)5-11(3-8)15(19)20/h2-7H,1H3,(H,17,18)(H,19,20)(H,21,22). The van der Waals surface area contributed by atoms with Gasteiger partial charge in [-0.2, -0.15) is 4.89 Å². The summed E-state index contributed by atoms with van der Waals surface area (Å²) in [4.78, 5) is 42.9. The Hall–Kier alpha value is -3.39. The summed E-state index contributed by atoms with van der Waals surface area (Å²) in [5.74, 6) is -3.76. The van der Waals surface area contributed by atoms with Gasteiger partial charge < -0.3 is 20.2 Å². The molecule has 124 valence electrons. The predicted molar refractivity (Wildman–Crippen MR) is 80.4 cm³/mol. The first-order chi connectivity index (χ1) is 11.3. The van der Waals surface area contributed by atoms with Crippen LogP contribution in [0.5, 0.6) is 5.75 Å². The quantitative estimate of drug-likeness (QED) is 0.543. The summed E-state index contributed by atoms with van der Waals surface area (Å²) >= 11 is 0. The highest BCUT2D eigenvalue weighted by molar-refractivity contribution is 5.97. The van der Waals surface area contributed by atoms with Crippen LogP contribution in [-0.4, -0.2) is 40.3 Å². The molecule has 0 spiro atoms. The molecule has 0 bridgehead atoms. The lowest BCUT2D eigenvalue weighted by Crippen LogP contribution is -2.04. The Bertz CT molecular complexity index is 793. The largest absolute Gasteiger partial charge is 0.478 e. The van der Waals surface area contributed by atoms with Gasteiger partial charge in [0.2, 0.25) is 0 Å². The van der Waals surface area contributed by atoms with Crippen LogP contribution in [0.25, 0.3) is 11.1 Å². The van der Waals surface area contributed by atoms with Gasteiger partial charge in [-0.15, -0.1) is 0 Å². The molecule has 0 saturated heterocycles. The second-order valence-corrected chi connectivity index (χ2v) is 4.71. The molecule has 0 aromatic heterocycles. The van der Waals surface area contributed by atoms with Gasteiger partial charge in [0.05, 0.1) is 23.8 Å². The van der Waals surface area contributed by atoms with Crippen molar-refractivity contribution in [1.29, 1.82) is 0 Å². The summed E-state index contributed by atoms with van der Waals surface area (Å²) in [6, 6.07) is 7.40. The molecular formula is C16H12O8. The third kappa shape index (κ3) is 3.68. The zero-order valence-electron chi connectivity index (χ0n) is 12.3. The molecule has 0 amide bonds. The maximum Gasteiger partial charge on any atom is 0.335 e. The Morgan fingerprint density at radius 1 is 0.708 bits per heavy atom. The van der Waals surface area contributed by atoms with Crippen LogP contribution in [0, 0.1) is 0 Å². The number of benzene rings is 2. The van der Waals surface area contributed by atoms with Crippen LogP contribution in [0.4, 0.5) is 0 Å². The fourth-order valence-corrected chi connectivity index (χ4v) is 2.07. The van der Waals surface area contributed by atoms with E-state index >= 15 is 0 Å². The molecule has 0 aliphatic carbocycles. The number of aromatic carboxylic acids is 3. The topological polar surface area (TPSA) is 130 Å². The summed E-state index contributed by atoms with van der Waals surface area (Å²) in [7, 11) is 1.24. The molecule has 0 fully saturated rings. The van der Waals surface area contributed by atoms with Gasteiger partial charge in [-0.05, 0) is 47.5 Å². The van der Waals surface area contributed by atoms with Crippen molar-refractivity contribution in [3.8, 4) is 16.9 Å². The van der Waals surface area contributed by atoms with Crippen molar-refractivity contribution >= 4 is 17.9 Å². The fraction of sp³-hybridized carbons (Fsp3) is 0.0625. The van der Waals surface area contributed by atoms with Crippen LogP contribution in [0.2, 0.25) is 0 Å². The minimum atomic E-state index is -1.30. The number of carboxylic acid groups (broad SMARTS) is 3. The zero-order chi connectivity index (χ0) is 17.9. The first kappa shape index (κ1) is 17.0. The summed E-state index contributed by atoms with van der Waals surface area (Å²) < 4.78 is 0. The van der Waals surface area contributed by atoms with Crippen molar-refractivity contribution < 1.29 is 39.5 Å². The van der Waals surface area contributed by atoms with Gasteiger partial charge in [0.15, 0.2) is 5.75 Å². The van der Waals surface area contributed by atoms with E-state index in [4.69, 9.17) is 20.2 Å². The third-order valence-corrected chi connectivity index (χ3v) is 3.09. The first-order valence-electron chi connectivity index (χ1n) is 6.53. The minimum absolute atomic E-state index is 0.0741. The number of hydrogen-bond acceptors (Lipinski definition) is 5. The van der Waals surface area contributed by atoms with Crippen LogP contribution in [0.3, 0.4) is 0 Å². The maximum absolute atomic E-state index is 11.2. The van der Waals surface area contributed by atoms with Crippen LogP contribution in [0.1, 0.15) is 31.1 Å². The fourth-order valence-electron chi connectivity index (χ4n) is 2.07. The van der Waals surface area contributed by atoms with Crippen molar-refractivity contribution in [2.45, 2.75) is 0 Å². The van der Waals surface area contributed by atoms with Crippen molar-refractivity contribution in [2.24, 2.45) is 0 Å². The summed E-state index contributed by atoms with van der Waals surface area (Å²) in [5.41, 5.74) is -0.110. The smallest absolute Gasteiger partial charge is 0.335 e. The predicted octanol–water partition coefficient (Wildman–Crippen LogP) is 2.39. The second-order valence-electron chi connectivity index (χ2n) is 4.71. The van der Waals surface area contributed by atoms with E-state index in [1.165, 1.54) is 37.4 Å². The molecule has 0 radical (unpaired) electrons. The molecule has 0 aliphatic heterocycles. The Morgan fingerprint density at radius 2 is 1.12 bits per heavy atom. The van der Waals surface area contributed by atoms with E-state index in [9.17, 15) is 14.4 Å². The molecule has 2 aromatic rings. The lowest BCUT2D eigenvalue weighted by molar-refractivity contribution is -0.178. The van der Waals surface area contributed by atoms with Gasteiger partial charge in [-0.1, -0.05) is 0 Å². The lowest BCUT2D eigenvalue weighted by Gasteiger charge is -2.09. The van der Waals surface area contributed by atoms with Crippen LogP contribution in [0.15, 0.2) is 36.4 Å². The van der Waals surface area contributed by atoms with Gasteiger partial charge in [0, 0.05) is 0 Å². The second kappa shape index (κ2) is 6.80. The summed E-state index contributed by atoms with van der Waals surface area (Å²) in [6.45, 7) is 0. The van der Waals surface area contributed by atoms with Gasteiger partial charge in [-0.25, -0.2) is 14.4 Å².